The third-order valence-corrected chi connectivity index (χ3v) is 6.74. The van der Waals surface area contributed by atoms with Gasteiger partial charge in [-0.1, -0.05) is 11.3 Å². The number of alkyl halides is 3. The quantitative estimate of drug-likeness (QED) is 0.548. The van der Waals surface area contributed by atoms with Crippen molar-refractivity contribution in [2.24, 2.45) is 0 Å². The minimum absolute atomic E-state index is 0.0666. The number of nitrogens with one attached hydrogen (secondary N) is 1. The van der Waals surface area contributed by atoms with E-state index < -0.39 is 23.1 Å². The second-order valence-corrected chi connectivity index (χ2v) is 9.51. The van der Waals surface area contributed by atoms with E-state index in [9.17, 15) is 18.0 Å². The number of carbonyl (C=O) groups is 1. The fraction of sp³-hybridized carbons (Fsp3) is 0.400. The van der Waals surface area contributed by atoms with Crippen molar-refractivity contribution in [3.63, 3.8) is 0 Å². The summed E-state index contributed by atoms with van der Waals surface area (Å²) in [6, 6.07) is 4.34. The van der Waals surface area contributed by atoms with Crippen LogP contribution in [0.3, 0.4) is 0 Å². The number of thiazole rings is 1. The van der Waals surface area contributed by atoms with Gasteiger partial charge in [0.1, 0.15) is 21.9 Å². The van der Waals surface area contributed by atoms with Gasteiger partial charge in [-0.15, -0.1) is 21.5 Å². The lowest BCUT2D eigenvalue weighted by molar-refractivity contribution is -0.138. The van der Waals surface area contributed by atoms with Crippen molar-refractivity contribution in [1.82, 2.24) is 20.5 Å². The summed E-state index contributed by atoms with van der Waals surface area (Å²) in [7, 11) is 0. The Morgan fingerprint density at radius 2 is 2.09 bits per heavy atom. The molecule has 32 heavy (non-hydrogen) atoms. The summed E-state index contributed by atoms with van der Waals surface area (Å²) >= 11 is 1.89. The first kappa shape index (κ1) is 22.6. The van der Waals surface area contributed by atoms with Crippen molar-refractivity contribution >= 4 is 28.6 Å². The molecule has 0 radical (unpaired) electrons. The van der Waals surface area contributed by atoms with Gasteiger partial charge in [0.25, 0.3) is 5.91 Å². The Bertz CT molecular complexity index is 1110. The molecule has 0 saturated carbocycles. The molecule has 0 aliphatic carbocycles. The Morgan fingerprint density at radius 3 is 2.72 bits per heavy atom. The second-order valence-electron chi connectivity index (χ2n) is 7.26. The molecule has 1 aromatic carbocycles. The van der Waals surface area contributed by atoms with Gasteiger partial charge in [0.15, 0.2) is 0 Å². The number of benzene rings is 1. The third kappa shape index (κ3) is 5.25. The molecule has 2 aromatic heterocycles. The van der Waals surface area contributed by atoms with E-state index in [2.05, 4.69) is 20.5 Å². The Balaban J connectivity index is 1.57. The number of amides is 1. The maximum atomic E-state index is 12.9. The summed E-state index contributed by atoms with van der Waals surface area (Å²) < 4.78 is 49.7. The van der Waals surface area contributed by atoms with Crippen LogP contribution in [0.1, 0.15) is 44.6 Å². The zero-order valence-electron chi connectivity index (χ0n) is 17.1. The number of hydrogen-bond donors (Lipinski definition) is 1. The normalized spacial score (nSPS) is 17.3. The Kier molecular flexibility index (Phi) is 6.45. The molecule has 4 rings (SSSR count). The molecule has 0 bridgehead atoms. The van der Waals surface area contributed by atoms with E-state index in [1.165, 1.54) is 11.3 Å². The average molecular weight is 485 g/mol. The number of rotatable bonds is 6. The summed E-state index contributed by atoms with van der Waals surface area (Å²) in [5, 5.41) is 9.17. The van der Waals surface area contributed by atoms with Crippen LogP contribution in [-0.2, 0) is 10.9 Å². The molecule has 1 N–H and O–H groups in total. The number of halogens is 3. The molecule has 7 nitrogen and oxygen atoms in total. The Labute approximate surface area is 189 Å². The molecule has 1 unspecified atom stereocenters. The van der Waals surface area contributed by atoms with Gasteiger partial charge in [0, 0.05) is 28.6 Å². The van der Waals surface area contributed by atoms with Gasteiger partial charge >= 0.3 is 6.18 Å². The molecule has 1 amide bonds. The second kappa shape index (κ2) is 9.12. The number of nitrogens with zero attached hydrogens (tertiary/aromatic N) is 3. The van der Waals surface area contributed by atoms with Gasteiger partial charge in [-0.25, -0.2) is 4.98 Å². The first-order chi connectivity index (χ1) is 15.2. The summed E-state index contributed by atoms with van der Waals surface area (Å²) in [5.41, 5.74) is 1.02. The molecule has 3 heterocycles. The van der Waals surface area contributed by atoms with Gasteiger partial charge in [-0.2, -0.15) is 13.2 Å². The molecule has 1 fully saturated rings. The lowest BCUT2D eigenvalue weighted by atomic mass is 10.1. The highest BCUT2D eigenvalue weighted by atomic mass is 32.1. The van der Waals surface area contributed by atoms with Crippen LogP contribution in [0.5, 0.6) is 5.75 Å². The van der Waals surface area contributed by atoms with Crippen LogP contribution in [0.25, 0.3) is 10.6 Å². The summed E-state index contributed by atoms with van der Waals surface area (Å²) in [6.45, 7) is 4.57. The highest BCUT2D eigenvalue weighted by Gasteiger charge is 2.36. The molecule has 3 aromatic rings. The molecule has 1 aliphatic rings. The van der Waals surface area contributed by atoms with Crippen LogP contribution < -0.4 is 10.1 Å². The number of ether oxygens (including phenoxy) is 2. The van der Waals surface area contributed by atoms with Crippen LogP contribution in [0.15, 0.2) is 24.4 Å². The molecular weight excluding hydrogens is 465 g/mol. The number of aromatic nitrogens is 3. The van der Waals surface area contributed by atoms with Crippen LogP contribution >= 0.6 is 22.7 Å². The van der Waals surface area contributed by atoms with Gasteiger partial charge in [-0.3, -0.25) is 4.79 Å². The first-order valence-electron chi connectivity index (χ1n) is 9.73. The monoisotopic (exact) mass is 484 g/mol. The molecule has 170 valence electrons. The fourth-order valence-electron chi connectivity index (χ4n) is 3.07. The minimum Gasteiger partial charge on any atom is -0.488 e. The van der Waals surface area contributed by atoms with Crippen LogP contribution in [0.4, 0.5) is 13.2 Å². The van der Waals surface area contributed by atoms with E-state index >= 15 is 0 Å². The average Bonchev–Trinajstić information content (AvgIpc) is 3.49. The topological polar surface area (TPSA) is 86.2 Å². The molecule has 1 saturated heterocycles. The summed E-state index contributed by atoms with van der Waals surface area (Å²) in [6.07, 6.45) is -2.19. The zero-order chi connectivity index (χ0) is 22.9. The Morgan fingerprint density at radius 1 is 1.28 bits per heavy atom. The van der Waals surface area contributed by atoms with Crippen molar-refractivity contribution in [2.45, 2.75) is 38.6 Å². The van der Waals surface area contributed by atoms with E-state index in [4.69, 9.17) is 9.47 Å². The van der Waals surface area contributed by atoms with Crippen molar-refractivity contribution in [3.05, 3.63) is 44.9 Å². The van der Waals surface area contributed by atoms with E-state index in [1.807, 2.05) is 13.0 Å². The standard InChI is InChI=1S/C20H19F3N4O3S2/c1-10-8-24-18(31-10)13-5-12(6-15(7-13)30-14-3-4-29-9-14)16(28)25-11(2)17-26-27-19(32-17)20(21,22)23/h5-8,11,14H,3-4,9H2,1-2H3,(H,25,28)/t11?,14-/m1/s1. The van der Waals surface area contributed by atoms with Crippen LogP contribution in [0.2, 0.25) is 0 Å². The predicted octanol–water partition coefficient (Wildman–Crippen LogP) is 4.65. The van der Waals surface area contributed by atoms with Gasteiger partial charge < -0.3 is 14.8 Å². The Hall–Kier alpha value is -2.57. The van der Waals surface area contributed by atoms with E-state index in [0.717, 1.165) is 16.3 Å². The van der Waals surface area contributed by atoms with E-state index in [-0.39, 0.29) is 11.1 Å². The maximum absolute atomic E-state index is 12.9. The van der Waals surface area contributed by atoms with Gasteiger partial charge in [-0.05, 0) is 32.0 Å². The van der Waals surface area contributed by atoms with Crippen LogP contribution in [-0.4, -0.2) is 40.4 Å². The van der Waals surface area contributed by atoms with Crippen molar-refractivity contribution in [3.8, 4) is 16.3 Å². The molecule has 0 spiro atoms. The minimum atomic E-state index is -4.57. The van der Waals surface area contributed by atoms with E-state index in [0.29, 0.717) is 41.4 Å². The van der Waals surface area contributed by atoms with Crippen molar-refractivity contribution in [2.75, 3.05) is 13.2 Å². The van der Waals surface area contributed by atoms with Crippen LogP contribution in [0, 0.1) is 6.92 Å². The SMILES string of the molecule is Cc1cnc(-c2cc(O[C@@H]3CCOC3)cc(C(=O)NC(C)c3nnc(C(F)(F)F)s3)c2)s1. The fourth-order valence-corrected chi connectivity index (χ4v) is 4.54. The number of hydrogen-bond acceptors (Lipinski definition) is 8. The van der Waals surface area contributed by atoms with Crippen molar-refractivity contribution in [1.29, 1.82) is 0 Å². The number of carbonyl (C=O) groups excluding carboxylic acids is 1. The number of aryl methyl sites for hydroxylation is 1. The summed E-state index contributed by atoms with van der Waals surface area (Å²) in [5.74, 6) is 0.0304. The smallest absolute Gasteiger partial charge is 0.445 e. The molecule has 2 atom stereocenters. The molecule has 12 heteroatoms. The largest absolute Gasteiger partial charge is 0.488 e. The van der Waals surface area contributed by atoms with Gasteiger partial charge in [0.05, 0.1) is 19.3 Å². The van der Waals surface area contributed by atoms with Gasteiger partial charge in [0.2, 0.25) is 5.01 Å². The maximum Gasteiger partial charge on any atom is 0.445 e. The third-order valence-electron chi connectivity index (χ3n) is 4.63. The van der Waals surface area contributed by atoms with E-state index in [1.54, 1.807) is 25.3 Å². The highest BCUT2D eigenvalue weighted by molar-refractivity contribution is 7.15. The highest BCUT2D eigenvalue weighted by Crippen LogP contribution is 2.34. The lowest BCUT2D eigenvalue weighted by Crippen LogP contribution is -2.26. The summed E-state index contributed by atoms with van der Waals surface area (Å²) in [4.78, 5) is 18.3. The predicted molar refractivity (Wildman–Crippen MR) is 113 cm³/mol. The zero-order valence-corrected chi connectivity index (χ0v) is 18.7. The molecule has 1 aliphatic heterocycles. The molecular formula is C20H19F3N4O3S2. The van der Waals surface area contributed by atoms with Crippen molar-refractivity contribution < 1.29 is 27.4 Å². The lowest BCUT2D eigenvalue weighted by Gasteiger charge is -2.15. The first-order valence-corrected chi connectivity index (χ1v) is 11.4.